The largest absolute Gasteiger partial charge is 0.354 e. The number of hydrogen-bond acceptors (Lipinski definition) is 2. The number of amides is 1. The zero-order chi connectivity index (χ0) is 9.90. The van der Waals surface area contributed by atoms with Gasteiger partial charge in [0.2, 0.25) is 5.91 Å². The van der Waals surface area contributed by atoms with Gasteiger partial charge in [0, 0.05) is 6.54 Å². The van der Waals surface area contributed by atoms with Crippen LogP contribution in [0.5, 0.6) is 0 Å². The average Bonchev–Trinajstić information content (AvgIpc) is 2.93. The maximum absolute atomic E-state index is 11.2. The maximum atomic E-state index is 11.2. The van der Waals surface area contributed by atoms with Crippen molar-refractivity contribution < 1.29 is 4.79 Å². The summed E-state index contributed by atoms with van der Waals surface area (Å²) in [7, 11) is 0. The number of nitriles is 1. The minimum atomic E-state index is -0.521. The van der Waals surface area contributed by atoms with Gasteiger partial charge in [0.25, 0.3) is 0 Å². The quantitative estimate of drug-likeness (QED) is 0.712. The van der Waals surface area contributed by atoms with Crippen molar-refractivity contribution in [2.24, 2.45) is 11.3 Å². The van der Waals surface area contributed by atoms with Crippen molar-refractivity contribution in [1.82, 2.24) is 5.32 Å². The third-order valence-electron chi connectivity index (χ3n) is 2.93. The van der Waals surface area contributed by atoms with E-state index in [1.807, 2.05) is 6.07 Å². The topological polar surface area (TPSA) is 52.9 Å². The van der Waals surface area contributed by atoms with E-state index in [0.717, 1.165) is 13.0 Å². The van der Waals surface area contributed by atoms with Crippen LogP contribution in [0.4, 0.5) is 0 Å². The van der Waals surface area contributed by atoms with Gasteiger partial charge >= 0.3 is 0 Å². The van der Waals surface area contributed by atoms with Crippen LogP contribution in [0.2, 0.25) is 0 Å². The number of nitrogens with zero attached hydrogens (tertiary/aromatic N) is 1. The van der Waals surface area contributed by atoms with Crippen molar-refractivity contribution in [2.45, 2.75) is 33.1 Å². The molecule has 1 unspecified atom stereocenters. The molecule has 0 aromatic rings. The molecule has 0 heterocycles. The first-order valence-electron chi connectivity index (χ1n) is 4.81. The van der Waals surface area contributed by atoms with Gasteiger partial charge in [-0.05, 0) is 31.6 Å². The van der Waals surface area contributed by atoms with E-state index in [2.05, 4.69) is 12.2 Å². The number of carbonyl (C=O) groups excluding carboxylic acids is 1. The van der Waals surface area contributed by atoms with E-state index in [9.17, 15) is 4.79 Å². The Labute approximate surface area is 79.1 Å². The van der Waals surface area contributed by atoms with E-state index in [-0.39, 0.29) is 5.91 Å². The number of rotatable bonds is 4. The number of hydrogen-bond donors (Lipinski definition) is 1. The first-order chi connectivity index (χ1) is 6.13. The fourth-order valence-electron chi connectivity index (χ4n) is 1.32. The van der Waals surface area contributed by atoms with Crippen molar-refractivity contribution in [3.63, 3.8) is 0 Å². The van der Waals surface area contributed by atoms with Crippen molar-refractivity contribution in [3.8, 4) is 6.07 Å². The lowest BCUT2D eigenvalue weighted by Crippen LogP contribution is -2.33. The Morgan fingerprint density at radius 1 is 1.69 bits per heavy atom. The second-order valence-electron chi connectivity index (χ2n) is 3.92. The van der Waals surface area contributed by atoms with Crippen LogP contribution in [-0.2, 0) is 4.79 Å². The van der Waals surface area contributed by atoms with Crippen LogP contribution in [0.25, 0.3) is 0 Å². The molecule has 1 saturated carbocycles. The monoisotopic (exact) mass is 180 g/mol. The van der Waals surface area contributed by atoms with E-state index in [1.165, 1.54) is 12.8 Å². The van der Waals surface area contributed by atoms with Crippen molar-refractivity contribution >= 4 is 5.91 Å². The molecule has 0 radical (unpaired) electrons. The van der Waals surface area contributed by atoms with Gasteiger partial charge in [0.1, 0.15) is 5.92 Å². The van der Waals surface area contributed by atoms with Gasteiger partial charge in [0.05, 0.1) is 6.07 Å². The van der Waals surface area contributed by atoms with Crippen LogP contribution in [-0.4, -0.2) is 12.5 Å². The molecule has 1 aliphatic carbocycles. The molecule has 1 aliphatic rings. The Kier molecular flexibility index (Phi) is 2.92. The van der Waals surface area contributed by atoms with Crippen molar-refractivity contribution in [1.29, 1.82) is 5.26 Å². The Hall–Kier alpha value is -1.04. The molecule has 3 nitrogen and oxygen atoms in total. The first kappa shape index (κ1) is 10.0. The smallest absolute Gasteiger partial charge is 0.237 e. The SMILES string of the molecule is CCC1(CNC(=O)C(C)C#N)CC1. The molecule has 0 aliphatic heterocycles. The van der Waals surface area contributed by atoms with Crippen LogP contribution in [0.15, 0.2) is 0 Å². The highest BCUT2D eigenvalue weighted by Gasteiger charge is 2.40. The van der Waals surface area contributed by atoms with E-state index >= 15 is 0 Å². The third-order valence-corrected chi connectivity index (χ3v) is 2.93. The van der Waals surface area contributed by atoms with Gasteiger partial charge in [-0.15, -0.1) is 0 Å². The highest BCUT2D eigenvalue weighted by molar-refractivity contribution is 5.80. The minimum absolute atomic E-state index is 0.137. The lowest BCUT2D eigenvalue weighted by molar-refractivity contribution is -0.123. The molecule has 1 N–H and O–H groups in total. The summed E-state index contributed by atoms with van der Waals surface area (Å²) in [6.45, 7) is 4.52. The molecular weight excluding hydrogens is 164 g/mol. The lowest BCUT2D eigenvalue weighted by Gasteiger charge is -2.13. The maximum Gasteiger partial charge on any atom is 0.237 e. The summed E-state index contributed by atoms with van der Waals surface area (Å²) in [5, 5.41) is 11.3. The Bertz CT molecular complexity index is 238. The van der Waals surface area contributed by atoms with Crippen LogP contribution in [0, 0.1) is 22.7 Å². The molecule has 1 amide bonds. The zero-order valence-corrected chi connectivity index (χ0v) is 8.26. The van der Waals surface area contributed by atoms with E-state index in [0.29, 0.717) is 5.41 Å². The predicted molar refractivity (Wildman–Crippen MR) is 49.7 cm³/mol. The molecule has 0 aromatic heterocycles. The van der Waals surface area contributed by atoms with Crippen molar-refractivity contribution in [3.05, 3.63) is 0 Å². The molecule has 0 spiro atoms. The van der Waals surface area contributed by atoms with E-state index in [4.69, 9.17) is 5.26 Å². The molecule has 0 bridgehead atoms. The fourth-order valence-corrected chi connectivity index (χ4v) is 1.32. The van der Waals surface area contributed by atoms with Gasteiger partial charge in [0.15, 0.2) is 0 Å². The second-order valence-corrected chi connectivity index (χ2v) is 3.92. The summed E-state index contributed by atoms with van der Waals surface area (Å²) >= 11 is 0. The molecular formula is C10H16N2O. The third kappa shape index (κ3) is 2.45. The molecule has 0 saturated heterocycles. The molecule has 72 valence electrons. The summed E-state index contributed by atoms with van der Waals surface area (Å²) in [4.78, 5) is 11.2. The Morgan fingerprint density at radius 3 is 2.69 bits per heavy atom. The summed E-state index contributed by atoms with van der Waals surface area (Å²) in [5.41, 5.74) is 0.366. The van der Waals surface area contributed by atoms with Gasteiger partial charge in [-0.1, -0.05) is 6.92 Å². The Morgan fingerprint density at radius 2 is 2.31 bits per heavy atom. The van der Waals surface area contributed by atoms with Gasteiger partial charge in [-0.3, -0.25) is 4.79 Å². The van der Waals surface area contributed by atoms with Crippen molar-refractivity contribution in [2.75, 3.05) is 6.54 Å². The van der Waals surface area contributed by atoms with Gasteiger partial charge in [-0.2, -0.15) is 5.26 Å². The predicted octanol–water partition coefficient (Wildman–Crippen LogP) is 1.45. The molecule has 1 atom stereocenters. The number of nitrogens with one attached hydrogen (secondary N) is 1. The van der Waals surface area contributed by atoms with Gasteiger partial charge in [-0.25, -0.2) is 0 Å². The lowest BCUT2D eigenvalue weighted by atomic mass is 10.0. The first-order valence-corrected chi connectivity index (χ1v) is 4.81. The van der Waals surface area contributed by atoms with Crippen LogP contribution >= 0.6 is 0 Å². The summed E-state index contributed by atoms with van der Waals surface area (Å²) in [6.07, 6.45) is 3.55. The van der Waals surface area contributed by atoms with Crippen LogP contribution < -0.4 is 5.32 Å². The standard InChI is InChI=1S/C10H16N2O/c1-3-10(4-5-10)7-12-9(13)8(2)6-11/h8H,3-5,7H2,1-2H3,(H,12,13). The Balaban J connectivity index is 2.27. The van der Waals surface area contributed by atoms with Crippen LogP contribution in [0.3, 0.4) is 0 Å². The van der Waals surface area contributed by atoms with E-state index in [1.54, 1.807) is 6.92 Å². The normalized spacial score (nSPS) is 20.1. The zero-order valence-electron chi connectivity index (χ0n) is 8.26. The fraction of sp³-hybridized carbons (Fsp3) is 0.800. The second kappa shape index (κ2) is 3.78. The highest BCUT2D eigenvalue weighted by Crippen LogP contribution is 2.47. The molecule has 13 heavy (non-hydrogen) atoms. The summed E-state index contributed by atoms with van der Waals surface area (Å²) < 4.78 is 0. The van der Waals surface area contributed by atoms with Gasteiger partial charge < -0.3 is 5.32 Å². The highest BCUT2D eigenvalue weighted by atomic mass is 16.1. The molecule has 0 aromatic carbocycles. The minimum Gasteiger partial charge on any atom is -0.354 e. The van der Waals surface area contributed by atoms with E-state index < -0.39 is 5.92 Å². The average molecular weight is 180 g/mol. The molecule has 1 rings (SSSR count). The molecule has 1 fully saturated rings. The molecule has 3 heteroatoms. The van der Waals surface area contributed by atoms with Crippen LogP contribution in [0.1, 0.15) is 33.1 Å². The summed E-state index contributed by atoms with van der Waals surface area (Å²) in [6, 6.07) is 1.93. The number of carbonyl (C=O) groups is 1. The summed E-state index contributed by atoms with van der Waals surface area (Å²) in [5.74, 6) is -0.658.